The fraction of sp³-hybridized carbons (Fsp3) is 0.667. The van der Waals surface area contributed by atoms with E-state index >= 15 is 4.39 Å². The molecule has 3 N–H and O–H groups in total. The lowest BCUT2D eigenvalue weighted by Gasteiger charge is -2.62. The van der Waals surface area contributed by atoms with Crippen LogP contribution in [0.4, 0.5) is 9.18 Å². The number of esters is 1. The fourth-order valence-corrected chi connectivity index (χ4v) is 10.9. The molecule has 0 radical (unpaired) electrons. The molecule has 310 valence electrons. The number of carbonyl (C=O) groups is 4. The molecule has 1 aromatic rings. The van der Waals surface area contributed by atoms with E-state index in [0.717, 1.165) is 12.0 Å². The minimum Gasteiger partial charge on any atom is -0.483 e. The Morgan fingerprint density at radius 3 is 2.48 bits per heavy atom. The fourth-order valence-electron chi connectivity index (χ4n) is 10.1. The van der Waals surface area contributed by atoms with Gasteiger partial charge in [0.15, 0.2) is 28.7 Å². The number of halogens is 1. The third-order valence-electron chi connectivity index (χ3n) is 12.9. The summed E-state index contributed by atoms with van der Waals surface area (Å²) in [6, 6.07) is 5.70. The van der Waals surface area contributed by atoms with E-state index in [-0.39, 0.29) is 42.2 Å². The Balaban J connectivity index is 0.000000214. The Morgan fingerprint density at radius 2 is 1.84 bits per heavy atom. The van der Waals surface area contributed by atoms with E-state index in [0.29, 0.717) is 49.5 Å². The van der Waals surface area contributed by atoms with Crippen molar-refractivity contribution in [3.8, 4) is 11.5 Å². The number of amides is 1. The largest absolute Gasteiger partial charge is 0.483 e. The van der Waals surface area contributed by atoms with Crippen molar-refractivity contribution in [2.45, 2.75) is 123 Å². The zero-order valence-corrected chi connectivity index (χ0v) is 34.9. The van der Waals surface area contributed by atoms with Crippen molar-refractivity contribution in [1.29, 1.82) is 0 Å². The number of alkyl halides is 1. The molecule has 1 aromatic carbocycles. The number of fused-ring (bicyclic) bond motifs is 6. The van der Waals surface area contributed by atoms with Gasteiger partial charge in [-0.1, -0.05) is 37.6 Å². The van der Waals surface area contributed by atoms with Crippen molar-refractivity contribution >= 4 is 35.8 Å². The first-order chi connectivity index (χ1) is 26.1. The lowest BCUT2D eigenvalue weighted by atomic mass is 9.44. The zero-order valence-electron chi connectivity index (χ0n) is 34.1. The first-order valence-electron chi connectivity index (χ1n) is 19.6. The molecule has 0 saturated heterocycles. The second kappa shape index (κ2) is 16.2. The van der Waals surface area contributed by atoms with Crippen LogP contribution in [0.5, 0.6) is 11.5 Å². The van der Waals surface area contributed by atoms with Gasteiger partial charge in [0.1, 0.15) is 17.8 Å². The van der Waals surface area contributed by atoms with Crippen LogP contribution in [0.25, 0.3) is 0 Å². The number of benzene rings is 1. The van der Waals surface area contributed by atoms with Gasteiger partial charge in [0.05, 0.1) is 19.1 Å². The molecular weight excluding hydrogens is 744 g/mol. The van der Waals surface area contributed by atoms with Gasteiger partial charge in [-0.05, 0) is 97.3 Å². The third kappa shape index (κ3) is 7.56. The van der Waals surface area contributed by atoms with Gasteiger partial charge < -0.3 is 29.5 Å². The number of ether oxygens (including phenoxy) is 3. The number of hydrogen-bond donors (Lipinski definition) is 3. The van der Waals surface area contributed by atoms with Crippen LogP contribution in [0, 0.1) is 28.6 Å². The van der Waals surface area contributed by atoms with Crippen LogP contribution < -0.4 is 9.47 Å². The normalized spacial score (nSPS) is 33.6. The minimum absolute atomic E-state index is 0.0676. The molecule has 0 spiro atoms. The lowest BCUT2D eigenvalue weighted by Crippen LogP contribution is -2.69. The van der Waals surface area contributed by atoms with Crippen molar-refractivity contribution in [2.75, 3.05) is 26.8 Å². The summed E-state index contributed by atoms with van der Waals surface area (Å²) in [5, 5.41) is 32.0. The quantitative estimate of drug-likeness (QED) is 0.189. The van der Waals surface area contributed by atoms with E-state index in [1.54, 1.807) is 46.9 Å². The maximum atomic E-state index is 16.9. The van der Waals surface area contributed by atoms with E-state index in [1.807, 2.05) is 44.1 Å². The van der Waals surface area contributed by atoms with Gasteiger partial charge in [-0.2, -0.15) is 0 Å². The SMILES string of the molecule is CCOC(=O)CCN(SN(C)C(=O)Oc1cccc2c1OC(C)(C)C2)C(C)C.C[C@@H]1C[C@H]2[C@@H]3CCC4=CC(=O)C=C[C@]4(C)[C@@]3(F)[C@@H](O)C[C@]2(C)[C@@]1(O)C(=O)CO. The molecule has 4 aliphatic carbocycles. The molecule has 12 nitrogen and oxygen atoms in total. The average Bonchev–Trinajstić information content (AvgIpc) is 3.56. The summed E-state index contributed by atoms with van der Waals surface area (Å²) in [4.78, 5) is 48.6. The third-order valence-corrected chi connectivity index (χ3v) is 14.2. The first-order valence-corrected chi connectivity index (χ1v) is 20.4. The highest BCUT2D eigenvalue weighted by atomic mass is 32.2. The monoisotopic (exact) mass is 802 g/mol. The Hall–Kier alpha value is -3.30. The van der Waals surface area contributed by atoms with Gasteiger partial charge in [0, 0.05) is 60.5 Å². The number of aliphatic hydroxyl groups is 3. The minimum atomic E-state index is -1.98. The van der Waals surface area contributed by atoms with E-state index in [4.69, 9.17) is 14.2 Å². The molecule has 1 aliphatic heterocycles. The molecule has 56 heavy (non-hydrogen) atoms. The molecular formula is C42H59FN2O10S. The number of carbonyl (C=O) groups excluding carboxylic acids is 4. The van der Waals surface area contributed by atoms with Crippen LogP contribution in [-0.2, 0) is 25.5 Å². The number of para-hydroxylation sites is 1. The molecule has 1 amide bonds. The van der Waals surface area contributed by atoms with Crippen LogP contribution in [0.2, 0.25) is 0 Å². The Labute approximate surface area is 334 Å². The predicted octanol–water partition coefficient (Wildman–Crippen LogP) is 5.95. The van der Waals surface area contributed by atoms with E-state index < -0.39 is 58.5 Å². The van der Waals surface area contributed by atoms with E-state index in [2.05, 4.69) is 0 Å². The van der Waals surface area contributed by atoms with Crippen molar-refractivity contribution in [1.82, 2.24) is 8.61 Å². The van der Waals surface area contributed by atoms with Gasteiger partial charge >= 0.3 is 12.1 Å². The molecule has 1 heterocycles. The summed E-state index contributed by atoms with van der Waals surface area (Å²) in [6.45, 7) is 15.1. The van der Waals surface area contributed by atoms with Crippen molar-refractivity contribution < 1.29 is 53.1 Å². The number of nitrogens with zero attached hydrogens (tertiary/aromatic N) is 2. The summed E-state index contributed by atoms with van der Waals surface area (Å²) in [6.07, 6.45) is 4.97. The Morgan fingerprint density at radius 1 is 1.14 bits per heavy atom. The maximum Gasteiger partial charge on any atom is 0.426 e. The number of hydrogen-bond acceptors (Lipinski definition) is 12. The van der Waals surface area contributed by atoms with Crippen molar-refractivity contribution in [3.63, 3.8) is 0 Å². The highest BCUT2D eigenvalue weighted by molar-refractivity contribution is 7.95. The summed E-state index contributed by atoms with van der Waals surface area (Å²) >= 11 is 1.22. The van der Waals surface area contributed by atoms with Crippen LogP contribution in [0.1, 0.15) is 93.1 Å². The number of aliphatic hydroxyl groups excluding tert-OH is 2. The highest BCUT2D eigenvalue weighted by Crippen LogP contribution is 2.70. The molecule has 0 unspecified atom stereocenters. The Bertz CT molecular complexity index is 1770. The second-order valence-corrected chi connectivity index (χ2v) is 18.4. The van der Waals surface area contributed by atoms with Gasteiger partial charge in [-0.15, -0.1) is 0 Å². The molecule has 8 atom stereocenters. The van der Waals surface area contributed by atoms with Crippen LogP contribution >= 0.6 is 12.1 Å². The van der Waals surface area contributed by atoms with Gasteiger partial charge in [-0.25, -0.2) is 17.8 Å². The number of rotatable bonds is 10. The molecule has 0 bridgehead atoms. The van der Waals surface area contributed by atoms with E-state index in [9.17, 15) is 34.5 Å². The maximum absolute atomic E-state index is 16.9. The zero-order chi connectivity index (χ0) is 41.6. The standard InChI is InChI=1S/C22H29FO5.C20H30N2O5S/c1-12-8-16-15-5-4-13-9-14(25)6-7-19(13,2)21(15,23)17(26)10-20(16,3)22(12,28)18(27)11-24;1-7-25-17(23)11-12-22(14(2)3)28-21(6)19(24)26-16-10-8-9-15-13-20(4,5)27-18(15)16/h6-7,9,12,15-17,24,26,28H,4-5,8,10-11H2,1-3H3;8-10,14H,7,11-13H2,1-6H3/t12-,15+,16+,17+,19+,20+,21+,22+;/m1./s1. The summed E-state index contributed by atoms with van der Waals surface area (Å²) in [7, 11) is 1.64. The molecule has 14 heteroatoms. The summed E-state index contributed by atoms with van der Waals surface area (Å²) in [5.74, 6) is -1.32. The molecule has 3 fully saturated rings. The smallest absolute Gasteiger partial charge is 0.426 e. The van der Waals surface area contributed by atoms with Crippen LogP contribution in [-0.4, -0.2) is 103 Å². The second-order valence-electron chi connectivity index (χ2n) is 17.3. The summed E-state index contributed by atoms with van der Waals surface area (Å²) < 4.78 is 36.7. The molecule has 5 aliphatic rings. The number of allylic oxidation sites excluding steroid dienone is 4. The average molecular weight is 803 g/mol. The first kappa shape index (κ1) is 43.8. The highest BCUT2D eigenvalue weighted by Gasteiger charge is 2.75. The van der Waals surface area contributed by atoms with Crippen LogP contribution in [0.3, 0.4) is 0 Å². The summed E-state index contributed by atoms with van der Waals surface area (Å²) in [5.41, 5.74) is -4.45. The van der Waals surface area contributed by atoms with Gasteiger partial charge in [0.25, 0.3) is 0 Å². The Kier molecular flexibility index (Phi) is 12.6. The van der Waals surface area contributed by atoms with Gasteiger partial charge in [0.2, 0.25) is 0 Å². The van der Waals surface area contributed by atoms with Gasteiger partial charge in [-0.3, -0.25) is 14.4 Å². The lowest BCUT2D eigenvalue weighted by molar-refractivity contribution is -0.219. The molecule has 3 saturated carbocycles. The predicted molar refractivity (Wildman–Crippen MR) is 209 cm³/mol. The topological polar surface area (TPSA) is 163 Å². The van der Waals surface area contributed by atoms with E-state index in [1.165, 1.54) is 28.6 Å². The van der Waals surface area contributed by atoms with Crippen LogP contribution in [0.15, 0.2) is 42.0 Å². The number of Topliss-reactive ketones (excluding diaryl/α,β-unsaturated/α-hetero) is 1. The van der Waals surface area contributed by atoms with Crippen molar-refractivity contribution in [3.05, 3.63) is 47.6 Å². The number of ketones is 2. The molecule has 6 rings (SSSR count). The molecule has 0 aromatic heterocycles. The van der Waals surface area contributed by atoms with Crippen molar-refractivity contribution in [2.24, 2.45) is 28.6 Å².